The van der Waals surface area contributed by atoms with Gasteiger partial charge >= 0.3 is 0 Å². The molecule has 4 atom stereocenters. The first kappa shape index (κ1) is 13.8. The monoisotopic (exact) mass is 270 g/mol. The zero-order valence-corrected chi connectivity index (χ0v) is 11.8. The fourth-order valence-electron chi connectivity index (χ4n) is 4.07. The molecule has 3 N–H and O–H groups in total. The minimum absolute atomic E-state index is 0.0625. The first-order chi connectivity index (χ1) is 9.18. The lowest BCUT2D eigenvalue weighted by Crippen LogP contribution is -2.58. The predicted molar refractivity (Wildman–Crippen MR) is 71.5 cm³/mol. The Balaban J connectivity index is 1.72. The van der Waals surface area contributed by atoms with Crippen LogP contribution in [0, 0.1) is 5.92 Å². The van der Waals surface area contributed by atoms with E-state index in [0.717, 1.165) is 58.5 Å². The van der Waals surface area contributed by atoms with Gasteiger partial charge in [0.2, 0.25) is 0 Å². The second-order valence-corrected chi connectivity index (χ2v) is 6.50. The highest BCUT2D eigenvalue weighted by Crippen LogP contribution is 2.41. The second-order valence-electron chi connectivity index (χ2n) is 6.50. The van der Waals surface area contributed by atoms with Gasteiger partial charge in [0.1, 0.15) is 0 Å². The van der Waals surface area contributed by atoms with Crippen molar-refractivity contribution in [3.8, 4) is 0 Å². The van der Waals surface area contributed by atoms with Crippen molar-refractivity contribution in [3.63, 3.8) is 0 Å². The summed E-state index contributed by atoms with van der Waals surface area (Å²) in [6, 6.07) is 0.205. The fraction of sp³-hybridized carbons (Fsp3) is 1.00. The largest absolute Gasteiger partial charge is 0.378 e. The molecule has 5 nitrogen and oxygen atoms in total. The van der Waals surface area contributed by atoms with E-state index in [4.69, 9.17) is 20.1 Å². The van der Waals surface area contributed by atoms with Crippen molar-refractivity contribution >= 4 is 0 Å². The van der Waals surface area contributed by atoms with Crippen LogP contribution in [0.15, 0.2) is 0 Å². The molecule has 3 saturated heterocycles. The topological polar surface area (TPSA) is 65.7 Å². The quantitative estimate of drug-likeness (QED) is 0.591. The molecule has 3 aliphatic rings. The Bertz CT molecular complexity index is 312. The summed E-state index contributed by atoms with van der Waals surface area (Å²) in [6.07, 6.45) is 5.31. The van der Waals surface area contributed by atoms with Gasteiger partial charge in [-0.2, -0.15) is 0 Å². The first-order valence-corrected chi connectivity index (χ1v) is 7.49. The van der Waals surface area contributed by atoms with Crippen LogP contribution in [0.25, 0.3) is 0 Å². The molecule has 3 rings (SSSR count). The van der Waals surface area contributed by atoms with E-state index < -0.39 is 0 Å². The van der Waals surface area contributed by atoms with Crippen LogP contribution in [0.5, 0.6) is 0 Å². The van der Waals surface area contributed by atoms with Crippen LogP contribution in [0.1, 0.15) is 39.0 Å². The molecule has 0 bridgehead atoms. The maximum absolute atomic E-state index is 6.01. The Labute approximate surface area is 115 Å². The lowest BCUT2D eigenvalue weighted by atomic mass is 9.75. The summed E-state index contributed by atoms with van der Waals surface area (Å²) in [5.41, 5.74) is 2.85. The molecular weight excluding hydrogens is 244 g/mol. The predicted octanol–water partition coefficient (Wildman–Crippen LogP) is 0.973. The highest BCUT2D eigenvalue weighted by molar-refractivity contribution is 5.00. The highest BCUT2D eigenvalue weighted by atomic mass is 16.6. The third-order valence-electron chi connectivity index (χ3n) is 5.16. The number of hydrogen-bond donors (Lipinski definition) is 2. The summed E-state index contributed by atoms with van der Waals surface area (Å²) < 4.78 is 17.5. The van der Waals surface area contributed by atoms with Gasteiger partial charge in [0.15, 0.2) is 0 Å². The van der Waals surface area contributed by atoms with E-state index in [1.54, 1.807) is 0 Å². The third kappa shape index (κ3) is 2.54. The minimum atomic E-state index is -0.128. The molecule has 3 fully saturated rings. The van der Waals surface area contributed by atoms with Crippen molar-refractivity contribution in [2.24, 2.45) is 11.8 Å². The van der Waals surface area contributed by atoms with Gasteiger partial charge < -0.3 is 14.2 Å². The summed E-state index contributed by atoms with van der Waals surface area (Å²) in [7, 11) is 0. The van der Waals surface area contributed by atoms with Crippen LogP contribution in [-0.2, 0) is 14.2 Å². The average molecular weight is 270 g/mol. The van der Waals surface area contributed by atoms with Gasteiger partial charge in [0, 0.05) is 26.2 Å². The Kier molecular flexibility index (Phi) is 3.84. The molecule has 5 heteroatoms. The molecule has 0 aromatic rings. The maximum Gasteiger partial charge on any atom is 0.0939 e. The number of ether oxygens (including phenoxy) is 3. The summed E-state index contributed by atoms with van der Waals surface area (Å²) in [4.78, 5) is 0. The highest BCUT2D eigenvalue weighted by Gasteiger charge is 2.48. The number of nitrogens with two attached hydrogens (primary N) is 1. The van der Waals surface area contributed by atoms with Crippen molar-refractivity contribution in [1.82, 2.24) is 5.43 Å². The smallest absolute Gasteiger partial charge is 0.0939 e. The standard InChI is InChI=1S/C14H26N2O3/c1-13(4-2-6-18-13)12(16-15)11-3-7-19-14(9-11)5-8-17-10-14/h11-12,16H,2-10,15H2,1H3. The lowest BCUT2D eigenvalue weighted by Gasteiger charge is -2.44. The zero-order valence-electron chi connectivity index (χ0n) is 11.8. The minimum Gasteiger partial charge on any atom is -0.378 e. The molecule has 0 aromatic carbocycles. The molecule has 0 aromatic heterocycles. The summed E-state index contributed by atoms with van der Waals surface area (Å²) in [5, 5.41) is 0. The summed E-state index contributed by atoms with van der Waals surface area (Å²) in [6.45, 7) is 5.41. The van der Waals surface area contributed by atoms with Gasteiger partial charge in [-0.25, -0.2) is 0 Å². The molecule has 0 aliphatic carbocycles. The molecule has 110 valence electrons. The van der Waals surface area contributed by atoms with Crippen molar-refractivity contribution in [2.75, 3.05) is 26.4 Å². The van der Waals surface area contributed by atoms with E-state index in [2.05, 4.69) is 12.3 Å². The molecule has 0 saturated carbocycles. The molecule has 19 heavy (non-hydrogen) atoms. The van der Waals surface area contributed by atoms with Crippen molar-refractivity contribution in [1.29, 1.82) is 0 Å². The van der Waals surface area contributed by atoms with E-state index in [-0.39, 0.29) is 17.2 Å². The number of hydrazine groups is 1. The summed E-state index contributed by atoms with van der Waals surface area (Å²) in [5.74, 6) is 6.36. The van der Waals surface area contributed by atoms with E-state index in [0.29, 0.717) is 5.92 Å². The normalized spacial score (nSPS) is 44.8. The molecule has 4 unspecified atom stereocenters. The van der Waals surface area contributed by atoms with Crippen LogP contribution in [0.4, 0.5) is 0 Å². The van der Waals surface area contributed by atoms with Crippen LogP contribution in [-0.4, -0.2) is 43.7 Å². The van der Waals surface area contributed by atoms with Crippen LogP contribution in [0.2, 0.25) is 0 Å². The SMILES string of the molecule is CC1(C(NN)C2CCOC3(CCOC3)C2)CCCO1. The molecule has 3 aliphatic heterocycles. The lowest BCUT2D eigenvalue weighted by molar-refractivity contribution is -0.121. The van der Waals surface area contributed by atoms with Gasteiger partial charge in [-0.3, -0.25) is 11.3 Å². The molecule has 0 radical (unpaired) electrons. The van der Waals surface area contributed by atoms with Crippen LogP contribution >= 0.6 is 0 Å². The Hall–Kier alpha value is -0.200. The Morgan fingerprint density at radius 2 is 2.11 bits per heavy atom. The van der Waals surface area contributed by atoms with Gasteiger partial charge in [0.25, 0.3) is 0 Å². The first-order valence-electron chi connectivity index (χ1n) is 7.49. The van der Waals surface area contributed by atoms with E-state index in [9.17, 15) is 0 Å². The second kappa shape index (κ2) is 5.30. The van der Waals surface area contributed by atoms with Gasteiger partial charge in [-0.1, -0.05) is 0 Å². The fourth-order valence-corrected chi connectivity index (χ4v) is 4.07. The van der Waals surface area contributed by atoms with Gasteiger partial charge in [0.05, 0.1) is 23.9 Å². The molecule has 0 amide bonds. The Morgan fingerprint density at radius 1 is 1.21 bits per heavy atom. The molecule has 3 heterocycles. The van der Waals surface area contributed by atoms with E-state index >= 15 is 0 Å². The summed E-state index contributed by atoms with van der Waals surface area (Å²) >= 11 is 0. The van der Waals surface area contributed by atoms with Crippen LogP contribution in [0.3, 0.4) is 0 Å². The Morgan fingerprint density at radius 3 is 2.74 bits per heavy atom. The number of rotatable bonds is 3. The average Bonchev–Trinajstić information content (AvgIpc) is 3.01. The van der Waals surface area contributed by atoms with Gasteiger partial charge in [-0.05, 0) is 38.5 Å². The number of hydrogen-bond acceptors (Lipinski definition) is 5. The third-order valence-corrected chi connectivity index (χ3v) is 5.16. The maximum atomic E-state index is 6.01. The van der Waals surface area contributed by atoms with E-state index in [1.165, 1.54) is 0 Å². The van der Waals surface area contributed by atoms with Gasteiger partial charge in [-0.15, -0.1) is 0 Å². The van der Waals surface area contributed by atoms with Crippen molar-refractivity contribution < 1.29 is 14.2 Å². The number of nitrogens with one attached hydrogen (secondary N) is 1. The van der Waals surface area contributed by atoms with Crippen molar-refractivity contribution in [3.05, 3.63) is 0 Å². The van der Waals surface area contributed by atoms with E-state index in [1.807, 2.05) is 0 Å². The molecule has 1 spiro atoms. The molecular formula is C14H26N2O3. The van der Waals surface area contributed by atoms with Crippen LogP contribution < -0.4 is 11.3 Å². The zero-order chi connectivity index (χ0) is 13.3. The van der Waals surface area contributed by atoms with Crippen molar-refractivity contribution in [2.45, 2.75) is 56.3 Å².